The zero-order valence-electron chi connectivity index (χ0n) is 11.8. The Morgan fingerprint density at radius 3 is 2.90 bits per heavy atom. The van der Waals surface area contributed by atoms with Crippen molar-refractivity contribution in [2.75, 3.05) is 0 Å². The second-order valence-corrected chi connectivity index (χ2v) is 5.69. The highest BCUT2D eigenvalue weighted by Gasteiger charge is 2.31. The fourth-order valence-corrected chi connectivity index (χ4v) is 2.54. The van der Waals surface area contributed by atoms with Crippen molar-refractivity contribution in [1.82, 2.24) is 15.6 Å². The molecule has 1 aromatic carbocycles. The summed E-state index contributed by atoms with van der Waals surface area (Å²) < 4.78 is 0. The molecular formula is C16H16N4O. The molecule has 2 aliphatic rings. The van der Waals surface area contributed by atoms with Crippen molar-refractivity contribution >= 4 is 22.8 Å². The summed E-state index contributed by atoms with van der Waals surface area (Å²) >= 11 is 0. The predicted octanol–water partition coefficient (Wildman–Crippen LogP) is 1.82. The van der Waals surface area contributed by atoms with Crippen LogP contribution in [-0.2, 0) is 4.79 Å². The summed E-state index contributed by atoms with van der Waals surface area (Å²) in [6, 6.07) is 9.90. The first-order valence-corrected chi connectivity index (χ1v) is 7.21. The Labute approximate surface area is 122 Å². The number of guanidine groups is 1. The lowest BCUT2D eigenvalue weighted by Gasteiger charge is -2.06. The molecule has 21 heavy (non-hydrogen) atoms. The molecule has 2 heterocycles. The standard InChI is InChI=1S/C16H16N4O/c1-9-2-3-10-8-11(4-7-13(10)17-9)14-15(21)20-16(19-14)18-12-5-6-12/h2-4,7-8,12,14H,5-6H2,1H3,(H2,18,19,20,21). The van der Waals surface area contributed by atoms with Gasteiger partial charge in [0.25, 0.3) is 5.91 Å². The Balaban J connectivity index is 1.67. The molecule has 1 fully saturated rings. The number of benzene rings is 1. The smallest absolute Gasteiger partial charge is 0.256 e. The number of amides is 1. The van der Waals surface area contributed by atoms with Crippen molar-refractivity contribution in [2.24, 2.45) is 4.99 Å². The van der Waals surface area contributed by atoms with E-state index in [4.69, 9.17) is 0 Å². The second-order valence-electron chi connectivity index (χ2n) is 5.69. The molecule has 0 radical (unpaired) electrons. The number of aliphatic imine (C=N–C) groups is 1. The Morgan fingerprint density at radius 2 is 2.10 bits per heavy atom. The van der Waals surface area contributed by atoms with Gasteiger partial charge in [0.1, 0.15) is 0 Å². The number of pyridine rings is 1. The molecular weight excluding hydrogens is 264 g/mol. The Hall–Kier alpha value is -2.43. The molecule has 1 amide bonds. The molecule has 1 atom stereocenters. The van der Waals surface area contributed by atoms with E-state index in [2.05, 4.69) is 20.6 Å². The maximum absolute atomic E-state index is 12.1. The molecule has 1 aliphatic heterocycles. The van der Waals surface area contributed by atoms with Gasteiger partial charge in [-0.2, -0.15) is 0 Å². The van der Waals surface area contributed by atoms with Gasteiger partial charge in [-0.3, -0.25) is 15.1 Å². The molecule has 1 saturated carbocycles. The summed E-state index contributed by atoms with van der Waals surface area (Å²) in [6.07, 6.45) is 2.31. The van der Waals surface area contributed by atoms with Crippen LogP contribution in [0, 0.1) is 6.92 Å². The normalized spacial score (nSPS) is 21.3. The van der Waals surface area contributed by atoms with E-state index in [-0.39, 0.29) is 5.91 Å². The Morgan fingerprint density at radius 1 is 1.24 bits per heavy atom. The summed E-state index contributed by atoms with van der Waals surface area (Å²) in [5, 5.41) is 7.08. The molecule has 2 N–H and O–H groups in total. The Kier molecular flexibility index (Phi) is 2.67. The van der Waals surface area contributed by atoms with E-state index in [0.717, 1.165) is 35.0 Å². The summed E-state index contributed by atoms with van der Waals surface area (Å²) in [6.45, 7) is 1.97. The van der Waals surface area contributed by atoms with Crippen molar-refractivity contribution in [3.8, 4) is 0 Å². The van der Waals surface area contributed by atoms with Gasteiger partial charge in [0.2, 0.25) is 0 Å². The molecule has 5 heteroatoms. The summed E-state index contributed by atoms with van der Waals surface area (Å²) in [7, 11) is 0. The van der Waals surface area contributed by atoms with E-state index in [1.54, 1.807) is 0 Å². The zero-order valence-corrected chi connectivity index (χ0v) is 11.8. The molecule has 1 aromatic heterocycles. The van der Waals surface area contributed by atoms with Crippen molar-refractivity contribution in [1.29, 1.82) is 0 Å². The molecule has 1 aliphatic carbocycles. The number of aryl methyl sites for hydroxylation is 1. The van der Waals surface area contributed by atoms with Crippen LogP contribution >= 0.6 is 0 Å². The van der Waals surface area contributed by atoms with Crippen LogP contribution in [0.3, 0.4) is 0 Å². The molecule has 0 saturated heterocycles. The molecule has 0 bridgehead atoms. The number of nitrogens with zero attached hydrogens (tertiary/aromatic N) is 2. The Bertz CT molecular complexity index is 764. The topological polar surface area (TPSA) is 66.4 Å². The highest BCUT2D eigenvalue weighted by Crippen LogP contribution is 2.26. The highest BCUT2D eigenvalue weighted by atomic mass is 16.2. The molecule has 2 aromatic rings. The van der Waals surface area contributed by atoms with Crippen LogP contribution in [0.25, 0.3) is 10.9 Å². The van der Waals surface area contributed by atoms with Crippen LogP contribution in [0.1, 0.15) is 30.1 Å². The van der Waals surface area contributed by atoms with Gasteiger partial charge in [-0.25, -0.2) is 4.99 Å². The minimum Gasteiger partial charge on any atom is -0.353 e. The highest BCUT2D eigenvalue weighted by molar-refractivity contribution is 6.05. The number of fused-ring (bicyclic) bond motifs is 1. The van der Waals surface area contributed by atoms with Gasteiger partial charge in [0.05, 0.1) is 5.52 Å². The predicted molar refractivity (Wildman–Crippen MR) is 81.0 cm³/mol. The summed E-state index contributed by atoms with van der Waals surface area (Å²) in [4.78, 5) is 21.0. The molecule has 4 rings (SSSR count). The van der Waals surface area contributed by atoms with Gasteiger partial charge in [0.15, 0.2) is 12.0 Å². The molecule has 0 spiro atoms. The largest absolute Gasteiger partial charge is 0.353 e. The van der Waals surface area contributed by atoms with Gasteiger partial charge in [-0.1, -0.05) is 12.1 Å². The fraction of sp³-hybridized carbons (Fsp3) is 0.312. The molecule has 1 unspecified atom stereocenters. The zero-order chi connectivity index (χ0) is 14.4. The van der Waals surface area contributed by atoms with Gasteiger partial charge in [0, 0.05) is 17.1 Å². The number of hydrogen-bond acceptors (Lipinski definition) is 4. The third kappa shape index (κ3) is 2.35. The van der Waals surface area contributed by atoms with Crippen molar-refractivity contribution < 1.29 is 4.79 Å². The van der Waals surface area contributed by atoms with E-state index in [9.17, 15) is 4.79 Å². The molecule has 106 valence electrons. The van der Waals surface area contributed by atoms with Gasteiger partial charge >= 0.3 is 0 Å². The van der Waals surface area contributed by atoms with E-state index in [0.29, 0.717) is 12.0 Å². The summed E-state index contributed by atoms with van der Waals surface area (Å²) in [5.74, 6) is 0.534. The minimum absolute atomic E-state index is 0.0717. The van der Waals surface area contributed by atoms with Crippen LogP contribution in [0.2, 0.25) is 0 Å². The minimum atomic E-state index is -0.461. The van der Waals surface area contributed by atoms with Gasteiger partial charge in [-0.05, 0) is 43.5 Å². The van der Waals surface area contributed by atoms with Crippen molar-refractivity contribution in [3.05, 3.63) is 41.6 Å². The van der Waals surface area contributed by atoms with Gasteiger partial charge in [-0.15, -0.1) is 0 Å². The van der Waals surface area contributed by atoms with Crippen LogP contribution in [-0.4, -0.2) is 22.9 Å². The van der Waals surface area contributed by atoms with E-state index < -0.39 is 6.04 Å². The molecule has 5 nitrogen and oxygen atoms in total. The number of nitrogens with one attached hydrogen (secondary N) is 2. The number of carbonyl (C=O) groups is 1. The lowest BCUT2D eigenvalue weighted by atomic mass is 10.0. The SMILES string of the molecule is Cc1ccc2cc(C3N=C(NC4CC4)NC3=O)ccc2n1. The fourth-order valence-electron chi connectivity index (χ4n) is 2.54. The van der Waals surface area contributed by atoms with Crippen LogP contribution in [0.5, 0.6) is 0 Å². The number of carbonyl (C=O) groups excluding carboxylic acids is 1. The van der Waals surface area contributed by atoms with Crippen LogP contribution in [0.15, 0.2) is 35.3 Å². The number of aromatic nitrogens is 1. The first-order chi connectivity index (χ1) is 10.2. The maximum atomic E-state index is 12.1. The third-order valence-electron chi connectivity index (χ3n) is 3.83. The second kappa shape index (κ2) is 4.55. The van der Waals surface area contributed by atoms with Crippen molar-refractivity contribution in [2.45, 2.75) is 31.8 Å². The first kappa shape index (κ1) is 12.3. The van der Waals surface area contributed by atoms with Crippen LogP contribution in [0.4, 0.5) is 0 Å². The first-order valence-electron chi connectivity index (χ1n) is 7.21. The van der Waals surface area contributed by atoms with E-state index in [1.807, 2.05) is 37.3 Å². The van der Waals surface area contributed by atoms with E-state index >= 15 is 0 Å². The number of hydrogen-bond donors (Lipinski definition) is 2. The average Bonchev–Trinajstić information content (AvgIpc) is 3.20. The van der Waals surface area contributed by atoms with Gasteiger partial charge < -0.3 is 5.32 Å². The average molecular weight is 280 g/mol. The monoisotopic (exact) mass is 280 g/mol. The van der Waals surface area contributed by atoms with Crippen molar-refractivity contribution in [3.63, 3.8) is 0 Å². The van der Waals surface area contributed by atoms with E-state index in [1.165, 1.54) is 0 Å². The lowest BCUT2D eigenvalue weighted by molar-refractivity contribution is -0.120. The quantitative estimate of drug-likeness (QED) is 0.882. The summed E-state index contributed by atoms with van der Waals surface area (Å²) in [5.41, 5.74) is 2.83. The lowest BCUT2D eigenvalue weighted by Crippen LogP contribution is -2.37. The maximum Gasteiger partial charge on any atom is 0.256 e. The van der Waals surface area contributed by atoms with Crippen LogP contribution < -0.4 is 10.6 Å². The third-order valence-corrected chi connectivity index (χ3v) is 3.83. The number of rotatable bonds is 2.